The van der Waals surface area contributed by atoms with Crippen molar-refractivity contribution >= 4 is 29.3 Å². The Morgan fingerprint density at radius 2 is 2.00 bits per heavy atom. The summed E-state index contributed by atoms with van der Waals surface area (Å²) >= 11 is 1.40. The fourth-order valence-electron chi connectivity index (χ4n) is 2.80. The summed E-state index contributed by atoms with van der Waals surface area (Å²) < 4.78 is 7.06. The highest BCUT2D eigenvalue weighted by Crippen LogP contribution is 2.22. The van der Waals surface area contributed by atoms with Gasteiger partial charge in [-0.3, -0.25) is 4.79 Å². The molecule has 0 bridgehead atoms. The second-order valence-corrected chi connectivity index (χ2v) is 6.94. The van der Waals surface area contributed by atoms with Crippen LogP contribution in [0, 0.1) is 0 Å². The van der Waals surface area contributed by atoms with Gasteiger partial charge in [0, 0.05) is 18.7 Å². The van der Waals surface area contributed by atoms with Crippen molar-refractivity contribution in [2.45, 2.75) is 44.3 Å². The van der Waals surface area contributed by atoms with Gasteiger partial charge in [0.05, 0.1) is 17.9 Å². The van der Waals surface area contributed by atoms with E-state index in [9.17, 15) is 9.59 Å². The molecule has 1 aliphatic rings. The maximum Gasteiger partial charge on any atom is 0.338 e. The van der Waals surface area contributed by atoms with Crippen molar-refractivity contribution in [2.24, 2.45) is 0 Å². The van der Waals surface area contributed by atoms with Gasteiger partial charge in [0.25, 0.3) is 0 Å². The fraction of sp³-hybridized carbons (Fsp3) is 0.444. The van der Waals surface area contributed by atoms with Crippen molar-refractivity contribution < 1.29 is 14.3 Å². The molecule has 2 aromatic rings. The zero-order valence-corrected chi connectivity index (χ0v) is 15.6. The average Bonchev–Trinajstić information content (AvgIpc) is 2.87. The van der Waals surface area contributed by atoms with Gasteiger partial charge >= 0.3 is 5.97 Å². The maximum atomic E-state index is 12.2. The van der Waals surface area contributed by atoms with Crippen LogP contribution in [-0.2, 0) is 22.5 Å². The van der Waals surface area contributed by atoms with Crippen LogP contribution in [0.3, 0.4) is 0 Å². The number of thioether (sulfide) groups is 1. The lowest BCUT2D eigenvalue weighted by Crippen LogP contribution is -2.15. The van der Waals surface area contributed by atoms with Crippen LogP contribution < -0.4 is 5.32 Å². The Morgan fingerprint density at radius 1 is 1.19 bits per heavy atom. The minimum atomic E-state index is -0.367. The number of amides is 1. The molecule has 1 aromatic carbocycles. The zero-order chi connectivity index (χ0) is 18.4. The van der Waals surface area contributed by atoms with Crippen LogP contribution >= 0.6 is 11.8 Å². The second-order valence-electron chi connectivity index (χ2n) is 6.00. The van der Waals surface area contributed by atoms with Gasteiger partial charge in [0.15, 0.2) is 5.16 Å². The Morgan fingerprint density at radius 3 is 2.77 bits per heavy atom. The summed E-state index contributed by atoms with van der Waals surface area (Å²) in [6.07, 6.45) is 4.42. The van der Waals surface area contributed by atoms with Crippen molar-refractivity contribution in [1.82, 2.24) is 14.8 Å². The normalized spacial score (nSPS) is 13.6. The number of fused-ring (bicyclic) bond motifs is 1. The largest absolute Gasteiger partial charge is 0.462 e. The van der Waals surface area contributed by atoms with Crippen LogP contribution in [0.1, 0.15) is 42.4 Å². The molecular formula is C18H22N4O3S. The standard InChI is InChI=1S/C18H22N4O3S/c1-2-25-17(24)13-7-9-14(10-8-13)19-16(23)12-26-18-21-20-15-6-4-3-5-11-22(15)18/h7-10H,2-6,11-12H2,1H3,(H,19,23). The maximum absolute atomic E-state index is 12.2. The summed E-state index contributed by atoms with van der Waals surface area (Å²) in [6.45, 7) is 3.01. The van der Waals surface area contributed by atoms with Crippen LogP contribution in [0.2, 0.25) is 0 Å². The number of rotatable bonds is 6. The molecule has 8 heteroatoms. The lowest BCUT2D eigenvalue weighted by atomic mass is 10.2. The summed E-state index contributed by atoms with van der Waals surface area (Å²) in [4.78, 5) is 23.8. The van der Waals surface area contributed by atoms with Gasteiger partial charge in [-0.05, 0) is 44.0 Å². The molecule has 0 unspecified atom stereocenters. The number of esters is 1. The van der Waals surface area contributed by atoms with Crippen LogP contribution in [0.15, 0.2) is 29.4 Å². The number of nitrogens with one attached hydrogen (secondary N) is 1. The van der Waals surface area contributed by atoms with E-state index in [-0.39, 0.29) is 17.6 Å². The molecule has 2 heterocycles. The van der Waals surface area contributed by atoms with E-state index in [1.165, 1.54) is 18.2 Å². The Bertz CT molecular complexity index is 773. The monoisotopic (exact) mass is 374 g/mol. The third-order valence-electron chi connectivity index (χ3n) is 4.09. The number of carbonyl (C=O) groups is 2. The minimum absolute atomic E-state index is 0.121. The second kappa shape index (κ2) is 8.84. The molecule has 26 heavy (non-hydrogen) atoms. The van der Waals surface area contributed by atoms with Crippen LogP contribution in [-0.4, -0.2) is 39.0 Å². The predicted octanol–water partition coefficient (Wildman–Crippen LogP) is 2.91. The average molecular weight is 374 g/mol. The molecule has 3 rings (SSSR count). The van der Waals surface area contributed by atoms with Gasteiger partial charge in [0.1, 0.15) is 5.82 Å². The Labute approximate surface area is 156 Å². The van der Waals surface area contributed by atoms with E-state index in [0.717, 1.165) is 36.8 Å². The lowest BCUT2D eigenvalue weighted by Gasteiger charge is -2.08. The van der Waals surface area contributed by atoms with Crippen LogP contribution in [0.5, 0.6) is 0 Å². The Balaban J connectivity index is 1.53. The highest BCUT2D eigenvalue weighted by Gasteiger charge is 2.16. The number of carbonyl (C=O) groups excluding carboxylic acids is 2. The first-order chi connectivity index (χ1) is 12.7. The Kier molecular flexibility index (Phi) is 6.27. The highest BCUT2D eigenvalue weighted by molar-refractivity contribution is 7.99. The van der Waals surface area contributed by atoms with E-state index < -0.39 is 0 Å². The fourth-order valence-corrected chi connectivity index (χ4v) is 3.58. The number of nitrogens with zero attached hydrogens (tertiary/aromatic N) is 3. The lowest BCUT2D eigenvalue weighted by molar-refractivity contribution is -0.113. The van der Waals surface area contributed by atoms with Gasteiger partial charge in [-0.25, -0.2) is 4.79 Å². The molecule has 1 aliphatic heterocycles. The summed E-state index contributed by atoms with van der Waals surface area (Å²) in [5, 5.41) is 12.1. The minimum Gasteiger partial charge on any atom is -0.462 e. The van der Waals surface area contributed by atoms with Crippen LogP contribution in [0.25, 0.3) is 0 Å². The number of hydrogen-bond donors (Lipinski definition) is 1. The van der Waals surface area contributed by atoms with Crippen molar-refractivity contribution in [3.05, 3.63) is 35.7 Å². The van der Waals surface area contributed by atoms with E-state index in [4.69, 9.17) is 4.74 Å². The molecule has 0 aliphatic carbocycles. The first-order valence-electron chi connectivity index (χ1n) is 8.79. The molecule has 0 spiro atoms. The molecule has 7 nitrogen and oxygen atoms in total. The molecule has 0 radical (unpaired) electrons. The van der Waals surface area contributed by atoms with E-state index in [0.29, 0.717) is 17.9 Å². The summed E-state index contributed by atoms with van der Waals surface area (Å²) in [7, 11) is 0. The first-order valence-corrected chi connectivity index (χ1v) is 9.78. The molecule has 1 aromatic heterocycles. The van der Waals surface area contributed by atoms with Crippen molar-refractivity contribution in [3.63, 3.8) is 0 Å². The molecule has 138 valence electrons. The van der Waals surface area contributed by atoms with Crippen molar-refractivity contribution in [1.29, 1.82) is 0 Å². The van der Waals surface area contributed by atoms with Crippen molar-refractivity contribution in [3.8, 4) is 0 Å². The Hall–Kier alpha value is -2.35. The van der Waals surface area contributed by atoms with Gasteiger partial charge in [-0.1, -0.05) is 18.2 Å². The molecule has 0 saturated carbocycles. The van der Waals surface area contributed by atoms with E-state index >= 15 is 0 Å². The topological polar surface area (TPSA) is 86.1 Å². The molecule has 0 saturated heterocycles. The quantitative estimate of drug-likeness (QED) is 0.618. The SMILES string of the molecule is CCOC(=O)c1ccc(NC(=O)CSc2nnc3n2CCCCC3)cc1. The van der Waals surface area contributed by atoms with E-state index in [2.05, 4.69) is 20.1 Å². The third-order valence-corrected chi connectivity index (χ3v) is 5.05. The zero-order valence-electron chi connectivity index (χ0n) is 14.7. The molecule has 1 amide bonds. The number of anilines is 1. The summed E-state index contributed by atoms with van der Waals surface area (Å²) in [6, 6.07) is 6.66. The molecule has 0 atom stereocenters. The highest BCUT2D eigenvalue weighted by atomic mass is 32.2. The molecule has 0 fully saturated rings. The van der Waals surface area contributed by atoms with E-state index in [1.807, 2.05) is 0 Å². The molecule has 1 N–H and O–H groups in total. The van der Waals surface area contributed by atoms with Gasteiger partial charge < -0.3 is 14.6 Å². The third kappa shape index (κ3) is 4.63. The van der Waals surface area contributed by atoms with Crippen molar-refractivity contribution in [2.75, 3.05) is 17.7 Å². The number of aromatic nitrogens is 3. The summed E-state index contributed by atoms with van der Waals surface area (Å²) in [5.41, 5.74) is 1.11. The van der Waals surface area contributed by atoms with Gasteiger partial charge in [0.2, 0.25) is 5.91 Å². The predicted molar refractivity (Wildman–Crippen MR) is 99.3 cm³/mol. The molecular weight excluding hydrogens is 352 g/mol. The smallest absolute Gasteiger partial charge is 0.338 e. The van der Waals surface area contributed by atoms with Gasteiger partial charge in [-0.15, -0.1) is 10.2 Å². The number of aryl methyl sites for hydroxylation is 1. The number of ether oxygens (including phenoxy) is 1. The van der Waals surface area contributed by atoms with Gasteiger partial charge in [-0.2, -0.15) is 0 Å². The van der Waals surface area contributed by atoms with Crippen LogP contribution in [0.4, 0.5) is 5.69 Å². The number of hydrogen-bond acceptors (Lipinski definition) is 6. The first kappa shape index (κ1) is 18.4. The number of benzene rings is 1. The summed E-state index contributed by atoms with van der Waals surface area (Å²) in [5.74, 6) is 0.788. The van der Waals surface area contributed by atoms with E-state index in [1.54, 1.807) is 31.2 Å².